The molecule has 4 nitrogen and oxygen atoms in total. The van der Waals surface area contributed by atoms with Crippen molar-refractivity contribution >= 4 is 23.0 Å². The molecule has 1 aliphatic carbocycles. The number of ketones is 3. The van der Waals surface area contributed by atoms with Crippen molar-refractivity contribution in [1.82, 2.24) is 0 Å². The second-order valence-corrected chi connectivity index (χ2v) is 4.71. The molecular formula is C16H15NO3. The third kappa shape index (κ3) is 2.32. The molecule has 0 aliphatic heterocycles. The summed E-state index contributed by atoms with van der Waals surface area (Å²) < 4.78 is 0. The van der Waals surface area contributed by atoms with E-state index in [1.54, 1.807) is 38.1 Å². The number of anilines is 1. The van der Waals surface area contributed by atoms with E-state index >= 15 is 0 Å². The van der Waals surface area contributed by atoms with E-state index in [1.165, 1.54) is 6.92 Å². The van der Waals surface area contributed by atoms with Gasteiger partial charge in [0, 0.05) is 16.8 Å². The van der Waals surface area contributed by atoms with Gasteiger partial charge in [-0.05, 0) is 32.9 Å². The number of benzene rings is 1. The fourth-order valence-corrected chi connectivity index (χ4v) is 2.06. The zero-order valence-electron chi connectivity index (χ0n) is 11.6. The van der Waals surface area contributed by atoms with E-state index in [0.29, 0.717) is 16.8 Å². The molecule has 1 aromatic rings. The first kappa shape index (κ1) is 13.9. The highest BCUT2D eigenvalue weighted by Crippen LogP contribution is 2.26. The van der Waals surface area contributed by atoms with Gasteiger partial charge in [-0.15, -0.1) is 0 Å². The van der Waals surface area contributed by atoms with Gasteiger partial charge in [-0.3, -0.25) is 14.4 Å². The molecular weight excluding hydrogens is 254 g/mol. The molecule has 0 saturated carbocycles. The smallest absolute Gasteiger partial charge is 0.206 e. The van der Waals surface area contributed by atoms with Crippen LogP contribution in [0, 0.1) is 0 Å². The Bertz CT molecular complexity index is 666. The highest BCUT2D eigenvalue weighted by molar-refractivity contribution is 6.35. The van der Waals surface area contributed by atoms with Crippen LogP contribution < -0.4 is 5.32 Å². The maximum Gasteiger partial charge on any atom is 0.206 e. The number of nitrogens with one attached hydrogen (secondary N) is 1. The van der Waals surface area contributed by atoms with Crippen LogP contribution in [0.3, 0.4) is 0 Å². The van der Waals surface area contributed by atoms with Crippen LogP contribution in [0.5, 0.6) is 0 Å². The fourth-order valence-electron chi connectivity index (χ4n) is 2.06. The summed E-state index contributed by atoms with van der Waals surface area (Å²) in [6.45, 7) is 4.46. The standard InChI is InChI=1S/C16H15NO3/c1-9-10(2)16(20)14(13(11(3)18)15(9)19)17-12-7-5-4-6-8-12/h4-8,17H,1-3H3. The van der Waals surface area contributed by atoms with Gasteiger partial charge in [0.2, 0.25) is 5.78 Å². The van der Waals surface area contributed by atoms with E-state index < -0.39 is 5.78 Å². The Morgan fingerprint density at radius 1 is 0.950 bits per heavy atom. The molecule has 0 heterocycles. The van der Waals surface area contributed by atoms with Crippen molar-refractivity contribution < 1.29 is 14.4 Å². The fraction of sp³-hybridized carbons (Fsp3) is 0.188. The van der Waals surface area contributed by atoms with Crippen LogP contribution in [0.2, 0.25) is 0 Å². The molecule has 0 radical (unpaired) electrons. The van der Waals surface area contributed by atoms with Crippen LogP contribution in [-0.4, -0.2) is 17.3 Å². The Morgan fingerprint density at radius 2 is 1.50 bits per heavy atom. The van der Waals surface area contributed by atoms with E-state index in [4.69, 9.17) is 0 Å². The Kier molecular flexibility index (Phi) is 3.66. The van der Waals surface area contributed by atoms with Gasteiger partial charge in [0.25, 0.3) is 0 Å². The topological polar surface area (TPSA) is 63.2 Å². The Morgan fingerprint density at radius 3 is 2.05 bits per heavy atom. The Labute approximate surface area is 117 Å². The number of Topliss-reactive ketones (excluding diaryl/α,β-unsaturated/α-hetero) is 3. The van der Waals surface area contributed by atoms with Crippen molar-refractivity contribution in [2.45, 2.75) is 20.8 Å². The normalized spacial score (nSPS) is 15.8. The molecule has 4 heteroatoms. The minimum absolute atomic E-state index is 0.0665. The van der Waals surface area contributed by atoms with E-state index in [9.17, 15) is 14.4 Å². The minimum atomic E-state index is -0.409. The van der Waals surface area contributed by atoms with Crippen molar-refractivity contribution in [3.63, 3.8) is 0 Å². The average molecular weight is 269 g/mol. The Hall–Kier alpha value is -2.49. The molecule has 0 bridgehead atoms. The molecule has 1 N–H and O–H groups in total. The van der Waals surface area contributed by atoms with Gasteiger partial charge >= 0.3 is 0 Å². The summed E-state index contributed by atoms with van der Waals surface area (Å²) in [6.07, 6.45) is 0. The van der Waals surface area contributed by atoms with Gasteiger partial charge in [-0.25, -0.2) is 0 Å². The molecule has 102 valence electrons. The minimum Gasteiger partial charge on any atom is -0.352 e. The maximum atomic E-state index is 12.3. The molecule has 0 spiro atoms. The lowest BCUT2D eigenvalue weighted by molar-refractivity contribution is -0.121. The first-order chi connectivity index (χ1) is 9.43. The lowest BCUT2D eigenvalue weighted by Crippen LogP contribution is -2.29. The zero-order valence-corrected chi connectivity index (χ0v) is 11.6. The van der Waals surface area contributed by atoms with Gasteiger partial charge in [0.1, 0.15) is 5.70 Å². The summed E-state index contributed by atoms with van der Waals surface area (Å²) in [7, 11) is 0. The van der Waals surface area contributed by atoms with E-state index in [1.807, 2.05) is 6.07 Å². The first-order valence-corrected chi connectivity index (χ1v) is 6.27. The van der Waals surface area contributed by atoms with Crippen LogP contribution in [-0.2, 0) is 14.4 Å². The van der Waals surface area contributed by atoms with Crippen LogP contribution in [0.15, 0.2) is 52.7 Å². The molecule has 0 amide bonds. The lowest BCUT2D eigenvalue weighted by Gasteiger charge is -2.20. The first-order valence-electron chi connectivity index (χ1n) is 6.27. The molecule has 20 heavy (non-hydrogen) atoms. The number of para-hydroxylation sites is 1. The summed E-state index contributed by atoms with van der Waals surface area (Å²) in [5, 5.41) is 2.90. The molecule has 0 aromatic heterocycles. The van der Waals surface area contributed by atoms with Crippen molar-refractivity contribution in [3.05, 3.63) is 52.7 Å². The van der Waals surface area contributed by atoms with E-state index in [-0.39, 0.29) is 22.8 Å². The lowest BCUT2D eigenvalue weighted by atomic mass is 9.87. The quantitative estimate of drug-likeness (QED) is 0.676. The highest BCUT2D eigenvalue weighted by Gasteiger charge is 2.32. The molecule has 0 atom stereocenters. The summed E-state index contributed by atoms with van der Waals surface area (Å²) in [4.78, 5) is 36.2. The summed E-state index contributed by atoms with van der Waals surface area (Å²) in [5.41, 5.74) is 1.37. The van der Waals surface area contributed by atoms with Gasteiger partial charge in [-0.2, -0.15) is 0 Å². The number of carbonyl (C=O) groups excluding carboxylic acids is 3. The van der Waals surface area contributed by atoms with Crippen LogP contribution in [0.25, 0.3) is 0 Å². The molecule has 0 saturated heterocycles. The van der Waals surface area contributed by atoms with Gasteiger partial charge in [-0.1, -0.05) is 18.2 Å². The van der Waals surface area contributed by atoms with E-state index in [0.717, 1.165) is 0 Å². The maximum absolute atomic E-state index is 12.3. The number of hydrogen-bond acceptors (Lipinski definition) is 4. The van der Waals surface area contributed by atoms with Gasteiger partial charge in [0.15, 0.2) is 11.6 Å². The predicted molar refractivity (Wildman–Crippen MR) is 76.2 cm³/mol. The summed E-state index contributed by atoms with van der Waals surface area (Å²) in [5.74, 6) is -1.10. The number of hydrogen-bond donors (Lipinski definition) is 1. The van der Waals surface area contributed by atoms with Gasteiger partial charge in [0.05, 0.1) is 5.57 Å². The average Bonchev–Trinajstić information content (AvgIpc) is 2.43. The SMILES string of the molecule is CC(=O)C1=C(Nc2ccccc2)C(=O)C(C)=C(C)C1=O. The zero-order chi connectivity index (χ0) is 14.9. The molecule has 2 rings (SSSR count). The van der Waals surface area contributed by atoms with E-state index in [2.05, 4.69) is 5.32 Å². The molecule has 0 fully saturated rings. The molecule has 1 aliphatic rings. The predicted octanol–water partition coefficient (Wildman–Crippen LogP) is 2.43. The Balaban J connectivity index is 2.53. The second-order valence-electron chi connectivity index (χ2n) is 4.71. The van der Waals surface area contributed by atoms with Crippen molar-refractivity contribution in [3.8, 4) is 0 Å². The van der Waals surface area contributed by atoms with Gasteiger partial charge < -0.3 is 5.32 Å². The largest absolute Gasteiger partial charge is 0.352 e. The summed E-state index contributed by atoms with van der Waals surface area (Å²) >= 11 is 0. The van der Waals surface area contributed by atoms with Crippen molar-refractivity contribution in [2.75, 3.05) is 5.32 Å². The molecule has 1 aromatic carbocycles. The van der Waals surface area contributed by atoms with Crippen LogP contribution in [0.1, 0.15) is 20.8 Å². The number of allylic oxidation sites excluding steroid dienone is 3. The van der Waals surface area contributed by atoms with Crippen molar-refractivity contribution in [2.24, 2.45) is 0 Å². The number of carbonyl (C=O) groups is 3. The van der Waals surface area contributed by atoms with Crippen LogP contribution >= 0.6 is 0 Å². The highest BCUT2D eigenvalue weighted by atomic mass is 16.2. The second kappa shape index (κ2) is 5.25. The third-order valence-electron chi connectivity index (χ3n) is 3.34. The summed E-state index contributed by atoms with van der Waals surface area (Å²) in [6, 6.07) is 8.99. The monoisotopic (exact) mass is 269 g/mol. The molecule has 0 unspecified atom stereocenters. The number of rotatable bonds is 3. The van der Waals surface area contributed by atoms with Crippen LogP contribution in [0.4, 0.5) is 5.69 Å². The van der Waals surface area contributed by atoms with Crippen molar-refractivity contribution in [1.29, 1.82) is 0 Å². The third-order valence-corrected chi connectivity index (χ3v) is 3.34.